The van der Waals surface area contributed by atoms with Crippen LogP contribution in [0, 0.1) is 5.92 Å². The number of nitrogens with two attached hydrogens (primary N) is 1. The summed E-state index contributed by atoms with van der Waals surface area (Å²) in [5.74, 6) is -0.660. The SMILES string of the molecule is CC(N)C(C)C(=O)Nc1nnc(NS(C)(=O)=O)s1.Cl. The van der Waals surface area contributed by atoms with Gasteiger partial charge in [-0.05, 0) is 6.92 Å². The average Bonchev–Trinajstić information content (AvgIpc) is 2.61. The van der Waals surface area contributed by atoms with Crippen LogP contribution in [-0.4, -0.2) is 36.8 Å². The maximum Gasteiger partial charge on any atom is 0.231 e. The molecule has 0 radical (unpaired) electrons. The van der Waals surface area contributed by atoms with Crippen LogP contribution in [0.15, 0.2) is 0 Å². The molecule has 1 aromatic rings. The van der Waals surface area contributed by atoms with Crippen molar-refractivity contribution in [3.8, 4) is 0 Å². The number of hydrogen-bond donors (Lipinski definition) is 3. The molecule has 4 N–H and O–H groups in total. The fourth-order valence-electron chi connectivity index (χ4n) is 0.932. The van der Waals surface area contributed by atoms with Crippen molar-refractivity contribution >= 4 is 49.9 Å². The molecule has 2 atom stereocenters. The van der Waals surface area contributed by atoms with Crippen LogP contribution >= 0.6 is 23.7 Å². The van der Waals surface area contributed by atoms with Crippen molar-refractivity contribution < 1.29 is 13.2 Å². The first-order valence-electron chi connectivity index (χ1n) is 5.07. The Labute approximate surface area is 121 Å². The molecule has 110 valence electrons. The number of nitrogens with zero attached hydrogens (tertiary/aromatic N) is 2. The lowest BCUT2D eigenvalue weighted by Crippen LogP contribution is -2.34. The molecule has 0 aromatic carbocycles. The minimum Gasteiger partial charge on any atom is -0.327 e. The molecule has 1 heterocycles. The maximum absolute atomic E-state index is 11.7. The number of halogens is 1. The maximum atomic E-state index is 11.7. The lowest BCUT2D eigenvalue weighted by molar-refractivity contribution is -0.119. The van der Waals surface area contributed by atoms with Gasteiger partial charge in [-0.1, -0.05) is 18.3 Å². The van der Waals surface area contributed by atoms with E-state index in [0.717, 1.165) is 17.6 Å². The van der Waals surface area contributed by atoms with E-state index in [1.165, 1.54) is 0 Å². The third kappa shape index (κ3) is 6.14. The number of carbonyl (C=O) groups excluding carboxylic acids is 1. The average molecular weight is 330 g/mol. The Hall–Kier alpha value is -0.970. The molecule has 0 bridgehead atoms. The van der Waals surface area contributed by atoms with Crippen LogP contribution in [0.4, 0.5) is 10.3 Å². The minimum absolute atomic E-state index is 0. The number of anilines is 2. The summed E-state index contributed by atoms with van der Waals surface area (Å²) in [5, 5.41) is 10.1. The summed E-state index contributed by atoms with van der Waals surface area (Å²) in [4.78, 5) is 11.7. The van der Waals surface area contributed by atoms with Crippen LogP contribution in [0.2, 0.25) is 0 Å². The molecular formula is C8H16ClN5O3S2. The van der Waals surface area contributed by atoms with Crippen LogP contribution in [-0.2, 0) is 14.8 Å². The van der Waals surface area contributed by atoms with E-state index in [-0.39, 0.29) is 40.5 Å². The molecule has 0 saturated heterocycles. The van der Waals surface area contributed by atoms with E-state index in [0.29, 0.717) is 0 Å². The van der Waals surface area contributed by atoms with Gasteiger partial charge in [0, 0.05) is 6.04 Å². The van der Waals surface area contributed by atoms with Gasteiger partial charge in [-0.15, -0.1) is 22.6 Å². The van der Waals surface area contributed by atoms with Gasteiger partial charge in [-0.3, -0.25) is 9.52 Å². The summed E-state index contributed by atoms with van der Waals surface area (Å²) in [6.07, 6.45) is 1.00. The highest BCUT2D eigenvalue weighted by Crippen LogP contribution is 2.21. The van der Waals surface area contributed by atoms with E-state index in [2.05, 4.69) is 20.2 Å². The molecule has 0 aliphatic heterocycles. The predicted molar refractivity (Wildman–Crippen MR) is 77.1 cm³/mol. The first kappa shape index (κ1) is 18.0. The quantitative estimate of drug-likeness (QED) is 0.710. The van der Waals surface area contributed by atoms with E-state index in [1.54, 1.807) is 13.8 Å². The lowest BCUT2D eigenvalue weighted by atomic mass is 10.0. The summed E-state index contributed by atoms with van der Waals surface area (Å²) < 4.78 is 24.1. The summed E-state index contributed by atoms with van der Waals surface area (Å²) >= 11 is 0.932. The lowest BCUT2D eigenvalue weighted by Gasteiger charge is -2.13. The molecular weight excluding hydrogens is 314 g/mol. The second kappa shape index (κ2) is 6.98. The van der Waals surface area contributed by atoms with Gasteiger partial charge in [0.2, 0.25) is 26.2 Å². The number of nitrogens with one attached hydrogen (secondary N) is 2. The van der Waals surface area contributed by atoms with Crippen molar-refractivity contribution in [1.82, 2.24) is 10.2 Å². The molecule has 0 aliphatic rings. The zero-order valence-corrected chi connectivity index (χ0v) is 13.0. The van der Waals surface area contributed by atoms with Crippen molar-refractivity contribution in [2.45, 2.75) is 19.9 Å². The Kier molecular flexibility index (Phi) is 6.63. The van der Waals surface area contributed by atoms with E-state index in [4.69, 9.17) is 5.73 Å². The number of carbonyl (C=O) groups is 1. The Morgan fingerprint density at radius 2 is 1.84 bits per heavy atom. The number of rotatable bonds is 5. The third-order valence-corrected chi connectivity index (χ3v) is 3.58. The number of sulfonamides is 1. The Balaban J connectivity index is 0.00000324. The molecule has 0 saturated carbocycles. The van der Waals surface area contributed by atoms with Crippen molar-refractivity contribution in [2.75, 3.05) is 16.3 Å². The standard InChI is InChI=1S/C8H15N5O3S2.ClH/c1-4(5(2)9)6(14)10-7-11-12-8(17-7)13-18(3,15)16;/h4-5H,9H2,1-3H3,(H,12,13)(H,10,11,14);1H. The molecule has 19 heavy (non-hydrogen) atoms. The van der Waals surface area contributed by atoms with Crippen molar-refractivity contribution in [3.05, 3.63) is 0 Å². The van der Waals surface area contributed by atoms with Gasteiger partial charge in [0.15, 0.2) is 0 Å². The van der Waals surface area contributed by atoms with Crippen molar-refractivity contribution in [1.29, 1.82) is 0 Å². The molecule has 0 fully saturated rings. The number of aromatic nitrogens is 2. The van der Waals surface area contributed by atoms with Crippen LogP contribution < -0.4 is 15.8 Å². The van der Waals surface area contributed by atoms with Crippen LogP contribution in [0.3, 0.4) is 0 Å². The zero-order valence-electron chi connectivity index (χ0n) is 10.6. The molecule has 1 amide bonds. The highest BCUT2D eigenvalue weighted by molar-refractivity contribution is 7.92. The van der Waals surface area contributed by atoms with Gasteiger partial charge in [-0.25, -0.2) is 8.42 Å². The van der Waals surface area contributed by atoms with Gasteiger partial charge in [0.1, 0.15) is 0 Å². The van der Waals surface area contributed by atoms with E-state index >= 15 is 0 Å². The molecule has 2 unspecified atom stereocenters. The van der Waals surface area contributed by atoms with E-state index in [9.17, 15) is 13.2 Å². The van der Waals surface area contributed by atoms with E-state index < -0.39 is 10.0 Å². The molecule has 1 aromatic heterocycles. The fourth-order valence-corrected chi connectivity index (χ4v) is 2.41. The number of hydrogen-bond acceptors (Lipinski definition) is 7. The van der Waals surface area contributed by atoms with Gasteiger partial charge in [-0.2, -0.15) is 0 Å². The van der Waals surface area contributed by atoms with Gasteiger partial charge >= 0.3 is 0 Å². The minimum atomic E-state index is -3.40. The Morgan fingerprint density at radius 3 is 2.32 bits per heavy atom. The highest BCUT2D eigenvalue weighted by atomic mass is 35.5. The molecule has 1 rings (SSSR count). The molecule has 0 spiro atoms. The largest absolute Gasteiger partial charge is 0.327 e. The number of amides is 1. The summed E-state index contributed by atoms with van der Waals surface area (Å²) in [6.45, 7) is 3.41. The second-order valence-corrected chi connectivity index (χ2v) is 6.65. The zero-order chi connectivity index (χ0) is 13.9. The molecule has 8 nitrogen and oxygen atoms in total. The normalized spacial score (nSPS) is 14.1. The smallest absolute Gasteiger partial charge is 0.231 e. The van der Waals surface area contributed by atoms with Crippen molar-refractivity contribution in [3.63, 3.8) is 0 Å². The highest BCUT2D eigenvalue weighted by Gasteiger charge is 2.19. The first-order chi connectivity index (χ1) is 8.19. The summed E-state index contributed by atoms with van der Waals surface area (Å²) in [6, 6.07) is -0.286. The Bertz CT molecular complexity index is 530. The fraction of sp³-hybridized carbons (Fsp3) is 0.625. The van der Waals surface area contributed by atoms with Gasteiger partial charge in [0.05, 0.1) is 12.2 Å². The van der Waals surface area contributed by atoms with Crippen LogP contribution in [0.5, 0.6) is 0 Å². The second-order valence-electron chi connectivity index (χ2n) is 3.92. The molecule has 0 aliphatic carbocycles. The monoisotopic (exact) mass is 329 g/mol. The first-order valence-corrected chi connectivity index (χ1v) is 7.77. The van der Waals surface area contributed by atoms with E-state index in [1.807, 2.05) is 0 Å². The summed E-state index contributed by atoms with van der Waals surface area (Å²) in [7, 11) is -3.40. The van der Waals surface area contributed by atoms with Gasteiger partial charge in [0.25, 0.3) is 0 Å². The van der Waals surface area contributed by atoms with Crippen LogP contribution in [0.25, 0.3) is 0 Å². The van der Waals surface area contributed by atoms with Gasteiger partial charge < -0.3 is 11.1 Å². The topological polar surface area (TPSA) is 127 Å². The summed E-state index contributed by atoms with van der Waals surface area (Å²) in [5.41, 5.74) is 5.59. The van der Waals surface area contributed by atoms with Crippen molar-refractivity contribution in [2.24, 2.45) is 11.7 Å². The molecule has 11 heteroatoms. The Morgan fingerprint density at radius 1 is 1.32 bits per heavy atom. The van der Waals surface area contributed by atoms with Crippen LogP contribution in [0.1, 0.15) is 13.8 Å². The third-order valence-electron chi connectivity index (χ3n) is 2.13. The predicted octanol–water partition coefficient (Wildman–Crippen LogP) is 0.253.